The molecule has 0 fully saturated rings. The number of carbonyl (C=O) groups is 1. The van der Waals surface area contributed by atoms with Crippen LogP contribution >= 0.6 is 0 Å². The summed E-state index contributed by atoms with van der Waals surface area (Å²) in [4.78, 5) is 16.0. The number of carbonyl (C=O) groups excluding carboxylic acids is 1. The zero-order valence-electron chi connectivity index (χ0n) is 9.98. The summed E-state index contributed by atoms with van der Waals surface area (Å²) in [7, 11) is 0. The van der Waals surface area contributed by atoms with Gasteiger partial charge in [0.2, 0.25) is 0 Å². The Morgan fingerprint density at radius 3 is 2.83 bits per heavy atom. The van der Waals surface area contributed by atoms with Gasteiger partial charge < -0.3 is 5.32 Å². The van der Waals surface area contributed by atoms with Crippen molar-refractivity contribution in [3.05, 3.63) is 65.2 Å². The Labute approximate surface area is 105 Å². The Morgan fingerprint density at radius 2 is 2.17 bits per heavy atom. The molecule has 0 aliphatic heterocycles. The van der Waals surface area contributed by atoms with Crippen LogP contribution in [0.5, 0.6) is 0 Å². The third-order valence-corrected chi connectivity index (χ3v) is 2.59. The van der Waals surface area contributed by atoms with Gasteiger partial charge in [-0.25, -0.2) is 4.39 Å². The van der Waals surface area contributed by atoms with Crippen LogP contribution < -0.4 is 5.32 Å². The van der Waals surface area contributed by atoms with E-state index < -0.39 is 0 Å². The average molecular weight is 244 g/mol. The van der Waals surface area contributed by atoms with E-state index in [4.69, 9.17) is 0 Å². The van der Waals surface area contributed by atoms with Gasteiger partial charge in [0.05, 0.1) is 12.2 Å². The Hall–Kier alpha value is -2.23. The van der Waals surface area contributed by atoms with Crippen LogP contribution in [0.3, 0.4) is 0 Å². The van der Waals surface area contributed by atoms with E-state index in [-0.39, 0.29) is 11.7 Å². The highest BCUT2D eigenvalue weighted by molar-refractivity contribution is 5.95. The molecule has 1 aromatic heterocycles. The zero-order chi connectivity index (χ0) is 13.0. The maximum Gasteiger partial charge on any atom is 0.251 e. The Balaban J connectivity index is 2.04. The lowest BCUT2D eigenvalue weighted by atomic mass is 10.1. The van der Waals surface area contributed by atoms with E-state index in [1.807, 2.05) is 18.2 Å². The van der Waals surface area contributed by atoms with Crippen molar-refractivity contribution in [1.29, 1.82) is 0 Å². The number of hydrogen-bond acceptors (Lipinski definition) is 2. The van der Waals surface area contributed by atoms with Crippen LogP contribution in [0.2, 0.25) is 0 Å². The predicted octanol–water partition coefficient (Wildman–Crippen LogP) is 2.46. The number of nitrogens with zero attached hydrogens (tertiary/aromatic N) is 1. The van der Waals surface area contributed by atoms with Gasteiger partial charge >= 0.3 is 0 Å². The van der Waals surface area contributed by atoms with Gasteiger partial charge in [0.25, 0.3) is 5.91 Å². The third kappa shape index (κ3) is 2.91. The fourth-order valence-corrected chi connectivity index (χ4v) is 1.65. The fourth-order valence-electron chi connectivity index (χ4n) is 1.65. The summed E-state index contributed by atoms with van der Waals surface area (Å²) in [5, 5.41) is 2.75. The lowest BCUT2D eigenvalue weighted by molar-refractivity contribution is 0.0950. The molecule has 1 aromatic carbocycles. The molecule has 2 aromatic rings. The quantitative estimate of drug-likeness (QED) is 0.901. The van der Waals surface area contributed by atoms with Crippen molar-refractivity contribution in [1.82, 2.24) is 10.3 Å². The third-order valence-electron chi connectivity index (χ3n) is 2.59. The molecule has 0 unspecified atom stereocenters. The number of nitrogens with one attached hydrogen (secondary N) is 1. The molecule has 18 heavy (non-hydrogen) atoms. The van der Waals surface area contributed by atoms with Crippen LogP contribution in [0.25, 0.3) is 0 Å². The minimum atomic E-state index is -0.339. The van der Waals surface area contributed by atoms with Gasteiger partial charge in [0, 0.05) is 11.8 Å². The summed E-state index contributed by atoms with van der Waals surface area (Å²) >= 11 is 0. The predicted molar refractivity (Wildman–Crippen MR) is 66.5 cm³/mol. The van der Waals surface area contributed by atoms with Gasteiger partial charge in [-0.2, -0.15) is 0 Å². The molecule has 0 spiro atoms. The van der Waals surface area contributed by atoms with Gasteiger partial charge in [-0.15, -0.1) is 0 Å². The van der Waals surface area contributed by atoms with Crippen LogP contribution in [-0.4, -0.2) is 10.9 Å². The van der Waals surface area contributed by atoms with E-state index in [0.29, 0.717) is 17.7 Å². The lowest BCUT2D eigenvalue weighted by Crippen LogP contribution is -2.24. The van der Waals surface area contributed by atoms with Crippen molar-refractivity contribution in [3.63, 3.8) is 0 Å². The van der Waals surface area contributed by atoms with E-state index in [9.17, 15) is 9.18 Å². The lowest BCUT2D eigenvalue weighted by Gasteiger charge is -2.07. The number of aromatic nitrogens is 1. The first-order valence-corrected chi connectivity index (χ1v) is 5.61. The van der Waals surface area contributed by atoms with Gasteiger partial charge in [-0.05, 0) is 42.8 Å². The highest BCUT2D eigenvalue weighted by Crippen LogP contribution is 2.10. The second-order valence-corrected chi connectivity index (χ2v) is 3.96. The van der Waals surface area contributed by atoms with Crippen molar-refractivity contribution < 1.29 is 9.18 Å². The number of halogens is 1. The van der Waals surface area contributed by atoms with Gasteiger partial charge in [0.15, 0.2) is 0 Å². The standard InChI is InChI=1S/C14H13FN2O/c1-10-8-11(15)5-6-13(10)14(18)17-9-12-4-2-3-7-16-12/h2-8H,9H2,1H3,(H,17,18). The SMILES string of the molecule is Cc1cc(F)ccc1C(=O)NCc1ccccn1. The maximum absolute atomic E-state index is 12.9. The molecule has 0 atom stereocenters. The number of rotatable bonds is 3. The number of pyridine rings is 1. The smallest absolute Gasteiger partial charge is 0.251 e. The monoisotopic (exact) mass is 244 g/mol. The number of aryl methyl sites for hydroxylation is 1. The highest BCUT2D eigenvalue weighted by atomic mass is 19.1. The molecule has 1 amide bonds. The molecule has 0 aliphatic carbocycles. The minimum absolute atomic E-state index is 0.224. The first kappa shape index (κ1) is 12.2. The molecule has 0 radical (unpaired) electrons. The molecule has 4 heteroatoms. The van der Waals surface area contributed by atoms with Crippen LogP contribution in [0, 0.1) is 12.7 Å². The normalized spacial score (nSPS) is 10.1. The summed E-state index contributed by atoms with van der Waals surface area (Å²) in [6, 6.07) is 9.61. The average Bonchev–Trinajstić information content (AvgIpc) is 2.37. The molecule has 1 heterocycles. The molecule has 3 nitrogen and oxygen atoms in total. The van der Waals surface area contributed by atoms with Crippen molar-refractivity contribution >= 4 is 5.91 Å². The van der Waals surface area contributed by atoms with Crippen molar-refractivity contribution in [2.45, 2.75) is 13.5 Å². The van der Waals surface area contributed by atoms with Crippen LogP contribution in [0.15, 0.2) is 42.6 Å². The first-order chi connectivity index (χ1) is 8.66. The van der Waals surface area contributed by atoms with E-state index in [0.717, 1.165) is 5.69 Å². The van der Waals surface area contributed by atoms with Crippen LogP contribution in [0.4, 0.5) is 4.39 Å². The molecule has 0 saturated heterocycles. The van der Waals surface area contributed by atoms with E-state index in [1.54, 1.807) is 13.1 Å². The summed E-state index contributed by atoms with van der Waals surface area (Å²) < 4.78 is 12.9. The number of benzene rings is 1. The van der Waals surface area contributed by atoms with E-state index in [2.05, 4.69) is 10.3 Å². The van der Waals surface area contributed by atoms with Crippen molar-refractivity contribution in [2.75, 3.05) is 0 Å². The minimum Gasteiger partial charge on any atom is -0.346 e. The van der Waals surface area contributed by atoms with Gasteiger partial charge in [-0.3, -0.25) is 9.78 Å². The van der Waals surface area contributed by atoms with Gasteiger partial charge in [-0.1, -0.05) is 6.07 Å². The largest absolute Gasteiger partial charge is 0.346 e. The second-order valence-electron chi connectivity index (χ2n) is 3.96. The number of hydrogen-bond donors (Lipinski definition) is 1. The van der Waals surface area contributed by atoms with Crippen molar-refractivity contribution in [3.8, 4) is 0 Å². The Bertz CT molecular complexity index is 555. The molecule has 2 rings (SSSR count). The van der Waals surface area contributed by atoms with E-state index >= 15 is 0 Å². The molecule has 0 aliphatic rings. The first-order valence-electron chi connectivity index (χ1n) is 5.61. The van der Waals surface area contributed by atoms with Gasteiger partial charge in [0.1, 0.15) is 5.82 Å². The highest BCUT2D eigenvalue weighted by Gasteiger charge is 2.09. The molecular formula is C14H13FN2O. The topological polar surface area (TPSA) is 42.0 Å². The molecule has 0 bridgehead atoms. The summed E-state index contributed by atoms with van der Waals surface area (Å²) in [5.41, 5.74) is 1.88. The fraction of sp³-hybridized carbons (Fsp3) is 0.143. The van der Waals surface area contributed by atoms with Crippen LogP contribution in [-0.2, 0) is 6.54 Å². The maximum atomic E-state index is 12.9. The molecule has 0 saturated carbocycles. The Morgan fingerprint density at radius 1 is 1.33 bits per heavy atom. The number of amides is 1. The van der Waals surface area contributed by atoms with E-state index in [1.165, 1.54) is 18.2 Å². The summed E-state index contributed by atoms with van der Waals surface area (Å²) in [6.07, 6.45) is 1.67. The van der Waals surface area contributed by atoms with Crippen LogP contribution in [0.1, 0.15) is 21.6 Å². The molecule has 92 valence electrons. The molecule has 1 N–H and O–H groups in total. The van der Waals surface area contributed by atoms with Crippen molar-refractivity contribution in [2.24, 2.45) is 0 Å². The second kappa shape index (κ2) is 5.40. The zero-order valence-corrected chi connectivity index (χ0v) is 9.98. The summed E-state index contributed by atoms with van der Waals surface area (Å²) in [5.74, 6) is -0.563. The molecular weight excluding hydrogens is 231 g/mol. The summed E-state index contributed by atoms with van der Waals surface area (Å²) in [6.45, 7) is 2.06. The Kier molecular flexibility index (Phi) is 3.67.